The van der Waals surface area contributed by atoms with Gasteiger partial charge in [-0.15, -0.1) is 0 Å². The molecule has 2 aliphatic rings. The minimum Gasteiger partial charge on any atom is -0.453 e. The molecule has 1 aliphatic heterocycles. The van der Waals surface area contributed by atoms with Crippen molar-refractivity contribution in [1.29, 1.82) is 0 Å². The Kier molecular flexibility index (Phi) is 2.77. The van der Waals surface area contributed by atoms with E-state index in [-0.39, 0.29) is 6.10 Å². The lowest BCUT2D eigenvalue weighted by Gasteiger charge is -2.34. The Morgan fingerprint density at radius 3 is 2.91 bits per heavy atom. The van der Waals surface area contributed by atoms with E-state index in [0.717, 1.165) is 16.8 Å². The van der Waals surface area contributed by atoms with Gasteiger partial charge in [0.25, 0.3) is 0 Å². The van der Waals surface area contributed by atoms with E-state index in [0.29, 0.717) is 11.9 Å². The van der Waals surface area contributed by atoms with Gasteiger partial charge in [0.05, 0.1) is 35.0 Å². The number of rotatable bonds is 1. The molecule has 0 amide bonds. The number of fused-ring (bicyclic) bond motifs is 5. The molecule has 0 radical (unpaired) electrons. The highest BCUT2D eigenvalue weighted by molar-refractivity contribution is 5.76. The van der Waals surface area contributed by atoms with E-state index in [9.17, 15) is 0 Å². The van der Waals surface area contributed by atoms with Gasteiger partial charge in [-0.1, -0.05) is 24.4 Å². The average molecular weight is 309 g/mol. The van der Waals surface area contributed by atoms with Crippen molar-refractivity contribution in [2.24, 2.45) is 5.92 Å². The summed E-state index contributed by atoms with van der Waals surface area (Å²) in [7, 11) is 0. The molecule has 0 N–H and O–H groups in total. The van der Waals surface area contributed by atoms with Crippen molar-refractivity contribution in [2.45, 2.75) is 45.1 Å². The molecule has 0 bridgehead atoms. The molecule has 0 saturated heterocycles. The summed E-state index contributed by atoms with van der Waals surface area (Å²) in [5, 5.41) is 4.12. The topological polar surface area (TPSA) is 52.6 Å². The highest BCUT2D eigenvalue weighted by atomic mass is 16.6. The zero-order valence-electron chi connectivity index (χ0n) is 13.2. The standard InChI is InChI=1S/C18H19N3O2/c1-11-15-14-8-7-13-9-19-10-21(13)16(14)17(22-18(15)23-20-11)12-5-3-2-4-6-12/h7-10,12,17H,2-6H2,1H3. The summed E-state index contributed by atoms with van der Waals surface area (Å²) < 4.78 is 14.0. The first-order valence-electron chi connectivity index (χ1n) is 8.41. The molecule has 1 unspecified atom stereocenters. The van der Waals surface area contributed by atoms with Crippen LogP contribution < -0.4 is 4.74 Å². The zero-order chi connectivity index (χ0) is 15.4. The molecule has 23 heavy (non-hydrogen) atoms. The third kappa shape index (κ3) is 1.85. The van der Waals surface area contributed by atoms with E-state index >= 15 is 0 Å². The maximum absolute atomic E-state index is 6.32. The van der Waals surface area contributed by atoms with E-state index in [2.05, 4.69) is 26.7 Å². The molecule has 4 heterocycles. The molecule has 1 aliphatic carbocycles. The van der Waals surface area contributed by atoms with Crippen molar-refractivity contribution < 1.29 is 9.26 Å². The van der Waals surface area contributed by atoms with Crippen LogP contribution in [-0.4, -0.2) is 14.5 Å². The molecular weight excluding hydrogens is 290 g/mol. The van der Waals surface area contributed by atoms with Crippen LogP contribution in [0.2, 0.25) is 0 Å². The number of ether oxygens (including phenoxy) is 1. The summed E-state index contributed by atoms with van der Waals surface area (Å²) in [6.07, 6.45) is 10.1. The van der Waals surface area contributed by atoms with E-state index in [4.69, 9.17) is 9.26 Å². The van der Waals surface area contributed by atoms with Crippen molar-refractivity contribution in [1.82, 2.24) is 14.5 Å². The van der Waals surface area contributed by atoms with Gasteiger partial charge in [0.2, 0.25) is 0 Å². The van der Waals surface area contributed by atoms with Crippen LogP contribution in [0.4, 0.5) is 0 Å². The van der Waals surface area contributed by atoms with Crippen LogP contribution in [-0.2, 0) is 0 Å². The van der Waals surface area contributed by atoms with Crippen LogP contribution >= 0.6 is 0 Å². The largest absolute Gasteiger partial charge is 0.453 e. The second kappa shape index (κ2) is 4.85. The number of aromatic nitrogens is 3. The van der Waals surface area contributed by atoms with Gasteiger partial charge in [-0.2, -0.15) is 0 Å². The van der Waals surface area contributed by atoms with E-state index < -0.39 is 0 Å². The van der Waals surface area contributed by atoms with Gasteiger partial charge in [0.1, 0.15) is 6.10 Å². The summed E-state index contributed by atoms with van der Waals surface area (Å²) in [5.74, 6) is 1.10. The maximum atomic E-state index is 6.32. The Morgan fingerprint density at radius 1 is 1.17 bits per heavy atom. The Morgan fingerprint density at radius 2 is 2.04 bits per heavy atom. The highest BCUT2D eigenvalue weighted by Crippen LogP contribution is 2.49. The van der Waals surface area contributed by atoms with Gasteiger partial charge in [0.15, 0.2) is 0 Å². The fourth-order valence-corrected chi connectivity index (χ4v) is 4.18. The normalized spacial score (nSPS) is 21.0. The van der Waals surface area contributed by atoms with E-state index in [1.807, 2.05) is 19.4 Å². The summed E-state index contributed by atoms with van der Waals surface area (Å²) in [4.78, 5) is 4.32. The number of nitrogens with zero attached hydrogens (tertiary/aromatic N) is 3. The van der Waals surface area contributed by atoms with Crippen molar-refractivity contribution in [3.05, 3.63) is 36.0 Å². The first kappa shape index (κ1) is 13.2. The smallest absolute Gasteiger partial charge is 0.320 e. The summed E-state index contributed by atoms with van der Waals surface area (Å²) >= 11 is 0. The van der Waals surface area contributed by atoms with Crippen molar-refractivity contribution >= 4 is 5.52 Å². The highest BCUT2D eigenvalue weighted by Gasteiger charge is 2.37. The van der Waals surface area contributed by atoms with Crippen LogP contribution in [0.25, 0.3) is 16.6 Å². The van der Waals surface area contributed by atoms with Crippen molar-refractivity contribution in [2.75, 3.05) is 0 Å². The fourth-order valence-electron chi connectivity index (χ4n) is 4.18. The first-order chi connectivity index (χ1) is 11.3. The third-order valence-corrected chi connectivity index (χ3v) is 5.31. The van der Waals surface area contributed by atoms with Crippen molar-refractivity contribution in [3.63, 3.8) is 0 Å². The second-order valence-corrected chi connectivity index (χ2v) is 6.69. The molecule has 5 heteroatoms. The molecule has 3 aromatic heterocycles. The molecular formula is C18H19N3O2. The lowest BCUT2D eigenvalue weighted by molar-refractivity contribution is 0.0675. The van der Waals surface area contributed by atoms with Gasteiger partial charge in [-0.3, -0.25) is 4.40 Å². The quantitative estimate of drug-likeness (QED) is 0.672. The Labute approximate surface area is 134 Å². The zero-order valence-corrected chi connectivity index (χ0v) is 13.2. The van der Waals surface area contributed by atoms with Gasteiger partial charge in [-0.25, -0.2) is 4.98 Å². The molecule has 5 rings (SSSR count). The van der Waals surface area contributed by atoms with Crippen LogP contribution in [0.5, 0.6) is 5.95 Å². The third-order valence-electron chi connectivity index (χ3n) is 5.31. The average Bonchev–Trinajstić information content (AvgIpc) is 3.21. The SMILES string of the molecule is Cc1noc2c1-c1ccc3cncn3c1C(C1CCCCC1)O2. The summed E-state index contributed by atoms with van der Waals surface area (Å²) in [6, 6.07) is 4.26. The Hall–Kier alpha value is -2.30. The number of imidazole rings is 1. The molecule has 3 aromatic rings. The van der Waals surface area contributed by atoms with Gasteiger partial charge in [-0.05, 0) is 31.9 Å². The van der Waals surface area contributed by atoms with Gasteiger partial charge in [0, 0.05) is 11.5 Å². The Bertz CT molecular complexity index is 874. The summed E-state index contributed by atoms with van der Waals surface area (Å²) in [5.41, 5.74) is 5.34. The lowest BCUT2D eigenvalue weighted by atomic mass is 9.81. The van der Waals surface area contributed by atoms with Crippen LogP contribution in [0.15, 0.2) is 29.2 Å². The van der Waals surface area contributed by atoms with Crippen LogP contribution in [0.3, 0.4) is 0 Å². The van der Waals surface area contributed by atoms with Crippen LogP contribution in [0.1, 0.15) is 49.6 Å². The fraction of sp³-hybridized carbons (Fsp3) is 0.444. The number of hydrogen-bond acceptors (Lipinski definition) is 4. The first-order valence-corrected chi connectivity index (χ1v) is 8.41. The predicted molar refractivity (Wildman–Crippen MR) is 85.4 cm³/mol. The van der Waals surface area contributed by atoms with Crippen LogP contribution in [0, 0.1) is 12.8 Å². The second-order valence-electron chi connectivity index (χ2n) is 6.69. The number of hydrogen-bond donors (Lipinski definition) is 0. The van der Waals surface area contributed by atoms with E-state index in [1.165, 1.54) is 43.4 Å². The van der Waals surface area contributed by atoms with Gasteiger partial charge < -0.3 is 9.26 Å². The molecule has 0 aromatic carbocycles. The molecule has 5 nitrogen and oxygen atoms in total. The molecule has 118 valence electrons. The molecule has 1 atom stereocenters. The monoisotopic (exact) mass is 309 g/mol. The predicted octanol–water partition coefficient (Wildman–Crippen LogP) is 4.31. The molecule has 1 fully saturated rings. The Balaban J connectivity index is 1.75. The van der Waals surface area contributed by atoms with Crippen molar-refractivity contribution in [3.8, 4) is 17.1 Å². The minimum absolute atomic E-state index is 0.0167. The summed E-state index contributed by atoms with van der Waals surface area (Å²) in [6.45, 7) is 1.97. The molecule has 0 spiro atoms. The lowest BCUT2D eigenvalue weighted by Crippen LogP contribution is -2.26. The number of aryl methyl sites for hydroxylation is 1. The van der Waals surface area contributed by atoms with Gasteiger partial charge >= 0.3 is 5.95 Å². The van der Waals surface area contributed by atoms with E-state index in [1.54, 1.807) is 0 Å². The minimum atomic E-state index is 0.0167. The molecule has 1 saturated carbocycles. The maximum Gasteiger partial charge on any atom is 0.320 e. The number of pyridine rings is 1.